The molecule has 98 valence electrons. The summed E-state index contributed by atoms with van der Waals surface area (Å²) in [7, 11) is -3.94. The zero-order valence-electron chi connectivity index (χ0n) is 9.79. The van der Waals surface area contributed by atoms with Crippen LogP contribution in [0.1, 0.15) is 10.4 Å². The maximum atomic E-state index is 12.1. The van der Waals surface area contributed by atoms with Crippen molar-refractivity contribution < 1.29 is 18.0 Å². The van der Waals surface area contributed by atoms with Crippen LogP contribution in [0.2, 0.25) is 0 Å². The number of amides is 2. The maximum Gasteiger partial charge on any atom is 0.269 e. The Labute approximate surface area is 110 Å². The van der Waals surface area contributed by atoms with Gasteiger partial charge in [-0.25, -0.2) is 12.7 Å². The van der Waals surface area contributed by atoms with E-state index in [4.69, 9.17) is 6.42 Å². The van der Waals surface area contributed by atoms with Gasteiger partial charge in [-0.15, -0.1) is 6.42 Å². The molecular weight excluding hydrogens is 268 g/mol. The quantitative estimate of drug-likeness (QED) is 0.761. The summed E-state index contributed by atoms with van der Waals surface area (Å²) in [4.78, 5) is 23.3. The van der Waals surface area contributed by atoms with Crippen LogP contribution in [0.15, 0.2) is 29.2 Å². The van der Waals surface area contributed by atoms with Gasteiger partial charge < -0.3 is 5.32 Å². The van der Waals surface area contributed by atoms with Crippen LogP contribution >= 0.6 is 0 Å². The van der Waals surface area contributed by atoms with Gasteiger partial charge in [-0.3, -0.25) is 9.59 Å². The molecule has 0 spiro atoms. The fraction of sp³-hybridized carbons (Fsp3) is 0.167. The van der Waals surface area contributed by atoms with Crippen LogP contribution in [0.3, 0.4) is 0 Å². The van der Waals surface area contributed by atoms with Crippen molar-refractivity contribution >= 4 is 21.8 Å². The molecule has 1 N–H and O–H groups in total. The number of hydrogen-bond acceptors (Lipinski definition) is 4. The Morgan fingerprint density at radius 1 is 1.37 bits per heavy atom. The predicted molar refractivity (Wildman–Crippen MR) is 66.5 cm³/mol. The standard InChI is InChI=1S/C12H10N2O4S/c1-2-7-13-11(15)8-14-12(16)9-5-3-4-6-10(9)19(14,17)18/h1,3-6H,7-8H2,(H,13,15). The largest absolute Gasteiger partial charge is 0.344 e. The third-order valence-electron chi connectivity index (χ3n) is 2.59. The first-order valence-electron chi connectivity index (χ1n) is 5.34. The van der Waals surface area contributed by atoms with Crippen molar-refractivity contribution in [1.82, 2.24) is 9.62 Å². The summed E-state index contributed by atoms with van der Waals surface area (Å²) in [6.07, 6.45) is 4.97. The van der Waals surface area contributed by atoms with Crippen molar-refractivity contribution in [1.29, 1.82) is 0 Å². The van der Waals surface area contributed by atoms with Gasteiger partial charge in [0.1, 0.15) is 11.4 Å². The van der Waals surface area contributed by atoms with Crippen LogP contribution in [0.25, 0.3) is 0 Å². The number of fused-ring (bicyclic) bond motifs is 1. The number of carbonyl (C=O) groups excluding carboxylic acids is 2. The first-order chi connectivity index (χ1) is 8.98. The molecule has 1 aromatic carbocycles. The van der Waals surface area contributed by atoms with E-state index >= 15 is 0 Å². The number of nitrogens with one attached hydrogen (secondary N) is 1. The second-order valence-electron chi connectivity index (χ2n) is 3.79. The van der Waals surface area contributed by atoms with E-state index in [0.29, 0.717) is 4.31 Å². The van der Waals surface area contributed by atoms with Crippen LogP contribution in [0.5, 0.6) is 0 Å². The van der Waals surface area contributed by atoms with Crippen LogP contribution in [0, 0.1) is 12.3 Å². The van der Waals surface area contributed by atoms with E-state index in [2.05, 4.69) is 11.2 Å². The van der Waals surface area contributed by atoms with Crippen molar-refractivity contribution in [3.05, 3.63) is 29.8 Å². The van der Waals surface area contributed by atoms with Crippen molar-refractivity contribution in [2.24, 2.45) is 0 Å². The second kappa shape index (κ2) is 4.74. The van der Waals surface area contributed by atoms with Gasteiger partial charge in [-0.05, 0) is 12.1 Å². The van der Waals surface area contributed by atoms with Gasteiger partial charge in [-0.2, -0.15) is 0 Å². The van der Waals surface area contributed by atoms with Gasteiger partial charge >= 0.3 is 0 Å². The molecule has 0 aliphatic carbocycles. The van der Waals surface area contributed by atoms with E-state index in [9.17, 15) is 18.0 Å². The molecule has 0 fully saturated rings. The number of hydrogen-bond donors (Lipinski definition) is 1. The summed E-state index contributed by atoms with van der Waals surface area (Å²) in [5.41, 5.74) is 0.0762. The van der Waals surface area contributed by atoms with E-state index in [1.54, 1.807) is 6.07 Å². The molecule has 1 aromatic rings. The number of carbonyl (C=O) groups is 2. The number of benzene rings is 1. The summed E-state index contributed by atoms with van der Waals surface area (Å²) in [5, 5.41) is 2.31. The van der Waals surface area contributed by atoms with Crippen molar-refractivity contribution in [3.8, 4) is 12.3 Å². The normalized spacial score (nSPS) is 15.7. The van der Waals surface area contributed by atoms with Crippen molar-refractivity contribution in [2.45, 2.75) is 4.90 Å². The van der Waals surface area contributed by atoms with E-state index < -0.39 is 28.4 Å². The summed E-state index contributed by atoms with van der Waals surface area (Å²) < 4.78 is 24.7. The van der Waals surface area contributed by atoms with Crippen molar-refractivity contribution in [2.75, 3.05) is 13.1 Å². The van der Waals surface area contributed by atoms with Gasteiger partial charge in [0.25, 0.3) is 15.9 Å². The molecule has 0 bridgehead atoms. The Balaban J connectivity index is 2.29. The molecule has 1 aliphatic rings. The van der Waals surface area contributed by atoms with E-state index in [0.717, 1.165) is 0 Å². The Bertz CT molecular complexity index is 688. The third kappa shape index (κ3) is 2.18. The molecule has 2 amide bonds. The average molecular weight is 278 g/mol. The van der Waals surface area contributed by atoms with E-state index in [1.807, 2.05) is 0 Å². The molecule has 0 saturated heterocycles. The Hall–Kier alpha value is -2.33. The zero-order chi connectivity index (χ0) is 14.0. The van der Waals surface area contributed by atoms with Gasteiger partial charge in [-0.1, -0.05) is 18.1 Å². The van der Waals surface area contributed by atoms with Crippen LogP contribution in [0.4, 0.5) is 0 Å². The van der Waals surface area contributed by atoms with Crippen LogP contribution in [-0.4, -0.2) is 37.6 Å². The smallest absolute Gasteiger partial charge is 0.269 e. The summed E-state index contributed by atoms with van der Waals surface area (Å²) in [6, 6.07) is 5.83. The fourth-order valence-corrected chi connectivity index (χ4v) is 3.25. The maximum absolute atomic E-state index is 12.1. The highest BCUT2D eigenvalue weighted by molar-refractivity contribution is 7.90. The molecule has 0 unspecified atom stereocenters. The highest BCUT2D eigenvalue weighted by Gasteiger charge is 2.41. The molecule has 1 heterocycles. The molecule has 0 atom stereocenters. The summed E-state index contributed by atoms with van der Waals surface area (Å²) >= 11 is 0. The Morgan fingerprint density at radius 2 is 2.05 bits per heavy atom. The highest BCUT2D eigenvalue weighted by Crippen LogP contribution is 2.29. The second-order valence-corrected chi connectivity index (χ2v) is 5.62. The van der Waals surface area contributed by atoms with Gasteiger partial charge in [0, 0.05) is 0 Å². The van der Waals surface area contributed by atoms with E-state index in [1.165, 1.54) is 18.2 Å². The minimum atomic E-state index is -3.94. The SMILES string of the molecule is C#CCNC(=O)CN1C(=O)c2ccccc2S1(=O)=O. The molecule has 19 heavy (non-hydrogen) atoms. The zero-order valence-corrected chi connectivity index (χ0v) is 10.6. The third-order valence-corrected chi connectivity index (χ3v) is 4.37. The topological polar surface area (TPSA) is 83.6 Å². The van der Waals surface area contributed by atoms with Gasteiger partial charge in [0.2, 0.25) is 5.91 Å². The molecule has 7 heteroatoms. The predicted octanol–water partition coefficient (Wildman–Crippen LogP) is -0.419. The highest BCUT2D eigenvalue weighted by atomic mass is 32.2. The van der Waals surface area contributed by atoms with E-state index in [-0.39, 0.29) is 17.0 Å². The van der Waals surface area contributed by atoms with Gasteiger partial charge in [0.15, 0.2) is 0 Å². The lowest BCUT2D eigenvalue weighted by Crippen LogP contribution is -2.40. The minimum Gasteiger partial charge on any atom is -0.344 e. The van der Waals surface area contributed by atoms with Gasteiger partial charge in [0.05, 0.1) is 12.1 Å². The summed E-state index contributed by atoms with van der Waals surface area (Å²) in [5.74, 6) is 0.863. The first kappa shape index (κ1) is 13.1. The summed E-state index contributed by atoms with van der Waals surface area (Å²) in [6.45, 7) is -0.592. The minimum absolute atomic E-state index is 0.0200. The number of nitrogens with zero attached hydrogens (tertiary/aromatic N) is 1. The molecule has 0 aromatic heterocycles. The fourth-order valence-electron chi connectivity index (χ4n) is 1.72. The lowest BCUT2D eigenvalue weighted by atomic mass is 10.2. The van der Waals surface area contributed by atoms with Crippen LogP contribution < -0.4 is 5.32 Å². The molecule has 0 radical (unpaired) electrons. The molecule has 2 rings (SSSR count). The Kier molecular flexibility index (Phi) is 3.27. The molecular formula is C12H10N2O4S. The van der Waals surface area contributed by atoms with Crippen molar-refractivity contribution in [3.63, 3.8) is 0 Å². The lowest BCUT2D eigenvalue weighted by Gasteiger charge is -2.13. The first-order valence-corrected chi connectivity index (χ1v) is 6.78. The Morgan fingerprint density at radius 3 is 2.68 bits per heavy atom. The molecule has 0 saturated carbocycles. The molecule has 6 nitrogen and oxygen atoms in total. The number of sulfonamides is 1. The number of terminal acetylenes is 1. The average Bonchev–Trinajstić information content (AvgIpc) is 2.58. The molecule has 1 aliphatic heterocycles. The number of rotatable bonds is 3. The monoisotopic (exact) mass is 278 g/mol. The lowest BCUT2D eigenvalue weighted by molar-refractivity contribution is -0.120. The van der Waals surface area contributed by atoms with Crippen LogP contribution in [-0.2, 0) is 14.8 Å².